The maximum absolute atomic E-state index is 10.7. The van der Waals surface area contributed by atoms with Crippen molar-refractivity contribution < 1.29 is 14.8 Å². The van der Waals surface area contributed by atoms with Crippen molar-refractivity contribution in [1.82, 2.24) is 4.98 Å². The van der Waals surface area contributed by atoms with E-state index in [0.717, 1.165) is 0 Å². The lowest BCUT2D eigenvalue weighted by atomic mass is 10.1. The fourth-order valence-electron chi connectivity index (χ4n) is 2.13. The third kappa shape index (κ3) is 6.02. The Kier molecular flexibility index (Phi) is 6.58. The van der Waals surface area contributed by atoms with E-state index in [4.69, 9.17) is 0 Å². The average Bonchev–Trinajstić information content (AvgIpc) is 2.62. The number of hydrazone groups is 1. The lowest BCUT2D eigenvalue weighted by Crippen LogP contribution is -2.21. The standard InChI is InChI=1S/C17H18N4O4/c22-17(23)7-2-1-6-16(15-5-3-4-12-18-15)20-19-13-8-10-14(11-9-13)21(24)25/h3-5,8-12,19H,1-2,6-7H2,(H,22,23)/p-1/b20-16-. The highest BCUT2D eigenvalue weighted by molar-refractivity contribution is 5.99. The number of carbonyl (C=O) groups is 1. The number of nitro benzene ring substituents is 1. The fourth-order valence-corrected chi connectivity index (χ4v) is 2.13. The van der Waals surface area contributed by atoms with Crippen molar-refractivity contribution in [2.75, 3.05) is 5.43 Å². The topological polar surface area (TPSA) is 121 Å². The lowest BCUT2D eigenvalue weighted by molar-refractivity contribution is -0.384. The van der Waals surface area contributed by atoms with E-state index in [1.165, 1.54) is 12.1 Å². The van der Waals surface area contributed by atoms with Crippen LogP contribution in [0.1, 0.15) is 31.4 Å². The van der Waals surface area contributed by atoms with Gasteiger partial charge in [-0.25, -0.2) is 0 Å². The fraction of sp³-hybridized carbons (Fsp3) is 0.235. The molecule has 25 heavy (non-hydrogen) atoms. The molecule has 1 aromatic carbocycles. The molecule has 2 aromatic rings. The molecule has 0 radical (unpaired) electrons. The van der Waals surface area contributed by atoms with Gasteiger partial charge < -0.3 is 9.90 Å². The number of carboxylic acid groups (broad SMARTS) is 1. The number of aliphatic carboxylic acids is 1. The van der Waals surface area contributed by atoms with Crippen LogP contribution in [-0.2, 0) is 4.79 Å². The second-order valence-corrected chi connectivity index (χ2v) is 5.27. The number of hydrogen-bond donors (Lipinski definition) is 1. The number of aromatic nitrogens is 1. The molecular weight excluding hydrogens is 324 g/mol. The maximum Gasteiger partial charge on any atom is 0.269 e. The Balaban J connectivity index is 2.07. The highest BCUT2D eigenvalue weighted by atomic mass is 16.6. The Labute approximate surface area is 144 Å². The Bertz CT molecular complexity index is 745. The predicted octanol–water partition coefficient (Wildman–Crippen LogP) is 2.12. The van der Waals surface area contributed by atoms with Gasteiger partial charge in [-0.3, -0.25) is 20.5 Å². The van der Waals surface area contributed by atoms with Gasteiger partial charge in [0.25, 0.3) is 5.69 Å². The van der Waals surface area contributed by atoms with Crippen molar-refractivity contribution in [2.24, 2.45) is 5.10 Å². The number of hydrogen-bond acceptors (Lipinski definition) is 7. The number of nitrogens with one attached hydrogen (secondary N) is 1. The summed E-state index contributed by atoms with van der Waals surface area (Å²) >= 11 is 0. The van der Waals surface area contributed by atoms with E-state index in [0.29, 0.717) is 36.4 Å². The molecule has 0 bridgehead atoms. The molecule has 0 spiro atoms. The van der Waals surface area contributed by atoms with Crippen molar-refractivity contribution in [1.29, 1.82) is 0 Å². The quantitative estimate of drug-likeness (QED) is 0.323. The second kappa shape index (κ2) is 9.11. The monoisotopic (exact) mass is 341 g/mol. The van der Waals surface area contributed by atoms with Crippen molar-refractivity contribution in [3.63, 3.8) is 0 Å². The maximum atomic E-state index is 10.7. The van der Waals surface area contributed by atoms with Crippen LogP contribution in [0.5, 0.6) is 0 Å². The largest absolute Gasteiger partial charge is 0.550 e. The minimum Gasteiger partial charge on any atom is -0.550 e. The minimum absolute atomic E-state index is 0.00163. The first-order chi connectivity index (χ1) is 12.1. The van der Waals surface area contributed by atoms with Gasteiger partial charge in [-0.1, -0.05) is 6.07 Å². The summed E-state index contributed by atoms with van der Waals surface area (Å²) in [5.41, 5.74) is 4.83. The number of carboxylic acids is 1. The molecule has 1 aromatic heterocycles. The summed E-state index contributed by atoms with van der Waals surface area (Å²) < 4.78 is 0. The van der Waals surface area contributed by atoms with Crippen LogP contribution in [0.25, 0.3) is 0 Å². The zero-order chi connectivity index (χ0) is 18.1. The van der Waals surface area contributed by atoms with Crippen molar-refractivity contribution in [3.8, 4) is 0 Å². The van der Waals surface area contributed by atoms with Gasteiger partial charge in [-0.15, -0.1) is 0 Å². The van der Waals surface area contributed by atoms with E-state index in [2.05, 4.69) is 15.5 Å². The first-order valence-corrected chi connectivity index (χ1v) is 7.74. The van der Waals surface area contributed by atoms with Gasteiger partial charge in [-0.2, -0.15) is 5.10 Å². The van der Waals surface area contributed by atoms with E-state index in [1.54, 1.807) is 24.4 Å². The highest BCUT2D eigenvalue weighted by Crippen LogP contribution is 2.16. The van der Waals surface area contributed by atoms with Crippen LogP contribution in [0.4, 0.5) is 11.4 Å². The molecule has 130 valence electrons. The molecule has 2 rings (SSSR count). The van der Waals surface area contributed by atoms with Crippen LogP contribution in [0, 0.1) is 10.1 Å². The van der Waals surface area contributed by atoms with E-state index < -0.39 is 10.9 Å². The molecule has 0 saturated heterocycles. The van der Waals surface area contributed by atoms with Gasteiger partial charge in [0, 0.05) is 24.3 Å². The molecule has 8 heteroatoms. The number of nitrogens with zero attached hydrogens (tertiary/aromatic N) is 3. The summed E-state index contributed by atoms with van der Waals surface area (Å²) in [4.78, 5) is 24.9. The minimum atomic E-state index is -1.07. The molecule has 0 amide bonds. The first kappa shape index (κ1) is 18.1. The van der Waals surface area contributed by atoms with E-state index in [-0.39, 0.29) is 12.1 Å². The highest BCUT2D eigenvalue weighted by Gasteiger charge is 2.07. The molecule has 1 N–H and O–H groups in total. The number of anilines is 1. The summed E-state index contributed by atoms with van der Waals surface area (Å²) in [6, 6.07) is 11.3. The van der Waals surface area contributed by atoms with Gasteiger partial charge in [0.1, 0.15) is 0 Å². The van der Waals surface area contributed by atoms with Gasteiger partial charge in [0.2, 0.25) is 0 Å². The van der Waals surface area contributed by atoms with Crippen LogP contribution in [0.3, 0.4) is 0 Å². The third-order valence-corrected chi connectivity index (χ3v) is 3.40. The van der Waals surface area contributed by atoms with Gasteiger partial charge in [0.15, 0.2) is 0 Å². The molecule has 0 atom stereocenters. The number of unbranched alkanes of at least 4 members (excludes halogenated alkanes) is 1. The number of non-ortho nitro benzene ring substituents is 1. The molecule has 0 unspecified atom stereocenters. The summed E-state index contributed by atoms with van der Waals surface area (Å²) in [7, 11) is 0. The Morgan fingerprint density at radius 2 is 1.84 bits per heavy atom. The smallest absolute Gasteiger partial charge is 0.269 e. The van der Waals surface area contributed by atoms with E-state index in [9.17, 15) is 20.0 Å². The predicted molar refractivity (Wildman–Crippen MR) is 91.0 cm³/mol. The van der Waals surface area contributed by atoms with E-state index in [1.807, 2.05) is 12.1 Å². The lowest BCUT2D eigenvalue weighted by Gasteiger charge is -2.08. The van der Waals surface area contributed by atoms with Gasteiger partial charge in [0.05, 0.1) is 22.0 Å². The summed E-state index contributed by atoms with van der Waals surface area (Å²) in [5.74, 6) is -1.07. The normalized spacial score (nSPS) is 11.1. The van der Waals surface area contributed by atoms with Crippen molar-refractivity contribution >= 4 is 23.1 Å². The van der Waals surface area contributed by atoms with Gasteiger partial charge >= 0.3 is 0 Å². The van der Waals surface area contributed by atoms with Crippen LogP contribution in [0.15, 0.2) is 53.8 Å². The molecule has 0 aliphatic rings. The van der Waals surface area contributed by atoms with Gasteiger partial charge in [-0.05, 0) is 49.9 Å². The SMILES string of the molecule is O=C([O-])CCCC/C(=N/Nc1ccc([N+](=O)[O-])cc1)c1ccccn1. The number of nitro groups is 1. The molecule has 0 saturated carbocycles. The zero-order valence-corrected chi connectivity index (χ0v) is 13.4. The number of benzene rings is 1. The third-order valence-electron chi connectivity index (χ3n) is 3.40. The Morgan fingerprint density at radius 1 is 1.12 bits per heavy atom. The molecule has 0 fully saturated rings. The molecule has 8 nitrogen and oxygen atoms in total. The molecule has 1 heterocycles. The Morgan fingerprint density at radius 3 is 2.44 bits per heavy atom. The molecular formula is C17H17N4O4-. The van der Waals surface area contributed by atoms with Crippen molar-refractivity contribution in [2.45, 2.75) is 25.7 Å². The number of pyridine rings is 1. The summed E-state index contributed by atoms with van der Waals surface area (Å²) in [6.07, 6.45) is 3.32. The van der Waals surface area contributed by atoms with E-state index >= 15 is 0 Å². The average molecular weight is 341 g/mol. The van der Waals surface area contributed by atoms with Crippen LogP contribution in [-0.4, -0.2) is 21.6 Å². The van der Waals surface area contributed by atoms with Crippen LogP contribution < -0.4 is 10.5 Å². The van der Waals surface area contributed by atoms with Crippen LogP contribution >= 0.6 is 0 Å². The first-order valence-electron chi connectivity index (χ1n) is 7.74. The zero-order valence-electron chi connectivity index (χ0n) is 13.4. The Hall–Kier alpha value is -3.29. The van der Waals surface area contributed by atoms with Crippen molar-refractivity contribution in [3.05, 3.63) is 64.5 Å². The second-order valence-electron chi connectivity index (χ2n) is 5.27. The van der Waals surface area contributed by atoms with Crippen LogP contribution in [0.2, 0.25) is 0 Å². The number of rotatable bonds is 9. The molecule has 0 aliphatic carbocycles. The summed E-state index contributed by atoms with van der Waals surface area (Å²) in [6.45, 7) is 0. The molecule has 0 aliphatic heterocycles. The summed E-state index contributed by atoms with van der Waals surface area (Å²) in [5, 5.41) is 25.5. The number of carbonyl (C=O) groups excluding carboxylic acids is 1.